The molecule has 0 saturated carbocycles. The summed E-state index contributed by atoms with van der Waals surface area (Å²) in [7, 11) is 0. The zero-order valence-electron chi connectivity index (χ0n) is 8.06. The number of hydrogen-bond acceptors (Lipinski definition) is 2. The second-order valence-corrected chi connectivity index (χ2v) is 3.64. The molecular formula is C11H11NO3. The number of amides is 1. The highest BCUT2D eigenvalue weighted by Crippen LogP contribution is 2.23. The van der Waals surface area contributed by atoms with Gasteiger partial charge in [0.2, 0.25) is 5.91 Å². The van der Waals surface area contributed by atoms with E-state index in [2.05, 4.69) is 5.32 Å². The fraction of sp³-hybridized carbons (Fsp3) is 0.273. The Morgan fingerprint density at radius 2 is 2.27 bits per heavy atom. The zero-order valence-corrected chi connectivity index (χ0v) is 8.06. The molecule has 0 spiro atoms. The van der Waals surface area contributed by atoms with Crippen LogP contribution in [0.4, 0.5) is 0 Å². The summed E-state index contributed by atoms with van der Waals surface area (Å²) in [6, 6.07) is 6.75. The standard InChI is InChI=1S/C11H11NO3/c13-10-5-9(6-12-10)7-2-1-3-8(4-7)11(14)15/h1-4,9H,5-6H2,(H,12,13)(H,14,15). The molecule has 1 heterocycles. The normalized spacial score (nSPS) is 20.0. The molecular weight excluding hydrogens is 194 g/mol. The molecule has 1 aliphatic rings. The third-order valence-electron chi connectivity index (χ3n) is 2.58. The van der Waals surface area contributed by atoms with E-state index in [0.29, 0.717) is 13.0 Å². The van der Waals surface area contributed by atoms with E-state index in [4.69, 9.17) is 5.11 Å². The zero-order chi connectivity index (χ0) is 10.8. The first-order valence-corrected chi connectivity index (χ1v) is 4.77. The molecule has 4 nitrogen and oxygen atoms in total. The van der Waals surface area contributed by atoms with Crippen molar-refractivity contribution in [3.05, 3.63) is 35.4 Å². The van der Waals surface area contributed by atoms with Crippen LogP contribution >= 0.6 is 0 Å². The Labute approximate surface area is 86.9 Å². The average Bonchev–Trinajstić information content (AvgIpc) is 2.65. The van der Waals surface area contributed by atoms with Gasteiger partial charge >= 0.3 is 5.97 Å². The van der Waals surface area contributed by atoms with Crippen LogP contribution in [0.25, 0.3) is 0 Å². The van der Waals surface area contributed by atoms with Crippen LogP contribution in [0.2, 0.25) is 0 Å². The highest BCUT2D eigenvalue weighted by atomic mass is 16.4. The minimum Gasteiger partial charge on any atom is -0.478 e. The van der Waals surface area contributed by atoms with Gasteiger partial charge in [0.05, 0.1) is 5.56 Å². The number of benzene rings is 1. The minimum atomic E-state index is -0.936. The van der Waals surface area contributed by atoms with Crippen LogP contribution in [0.3, 0.4) is 0 Å². The number of carbonyl (C=O) groups excluding carboxylic acids is 1. The summed E-state index contributed by atoms with van der Waals surface area (Å²) in [5.74, 6) is -0.799. The fourth-order valence-electron chi connectivity index (χ4n) is 1.77. The molecule has 1 saturated heterocycles. The van der Waals surface area contributed by atoms with E-state index < -0.39 is 5.97 Å². The van der Waals surface area contributed by atoms with Gasteiger partial charge in [-0.2, -0.15) is 0 Å². The van der Waals surface area contributed by atoms with Crippen molar-refractivity contribution in [3.63, 3.8) is 0 Å². The molecule has 1 fully saturated rings. The molecule has 2 N–H and O–H groups in total. The van der Waals surface area contributed by atoms with E-state index in [-0.39, 0.29) is 17.4 Å². The van der Waals surface area contributed by atoms with Crippen molar-refractivity contribution in [3.8, 4) is 0 Å². The third kappa shape index (κ3) is 1.98. The summed E-state index contributed by atoms with van der Waals surface area (Å²) in [5.41, 5.74) is 1.18. The maximum atomic E-state index is 11.0. The Balaban J connectivity index is 2.25. The van der Waals surface area contributed by atoms with Crippen LogP contribution in [0.15, 0.2) is 24.3 Å². The number of carboxylic acid groups (broad SMARTS) is 1. The largest absolute Gasteiger partial charge is 0.478 e. The van der Waals surface area contributed by atoms with Gasteiger partial charge in [-0.05, 0) is 17.7 Å². The lowest BCUT2D eigenvalue weighted by Gasteiger charge is -2.07. The van der Waals surface area contributed by atoms with Gasteiger partial charge in [0.15, 0.2) is 0 Å². The topological polar surface area (TPSA) is 66.4 Å². The van der Waals surface area contributed by atoms with Crippen molar-refractivity contribution in [2.45, 2.75) is 12.3 Å². The molecule has 78 valence electrons. The number of rotatable bonds is 2. The summed E-state index contributed by atoms with van der Waals surface area (Å²) >= 11 is 0. The highest BCUT2D eigenvalue weighted by molar-refractivity contribution is 5.88. The molecule has 15 heavy (non-hydrogen) atoms. The number of carboxylic acids is 1. The van der Waals surface area contributed by atoms with Crippen LogP contribution in [-0.4, -0.2) is 23.5 Å². The van der Waals surface area contributed by atoms with Gasteiger partial charge in [-0.1, -0.05) is 12.1 Å². The molecule has 0 aliphatic carbocycles. The van der Waals surface area contributed by atoms with Gasteiger partial charge in [-0.3, -0.25) is 4.79 Å². The molecule has 1 amide bonds. The van der Waals surface area contributed by atoms with Crippen molar-refractivity contribution in [1.29, 1.82) is 0 Å². The molecule has 0 bridgehead atoms. The molecule has 4 heteroatoms. The van der Waals surface area contributed by atoms with Gasteiger partial charge in [0, 0.05) is 18.9 Å². The van der Waals surface area contributed by atoms with Crippen LogP contribution in [0.5, 0.6) is 0 Å². The second-order valence-electron chi connectivity index (χ2n) is 3.64. The number of carbonyl (C=O) groups is 2. The van der Waals surface area contributed by atoms with Crippen molar-refractivity contribution in [2.24, 2.45) is 0 Å². The smallest absolute Gasteiger partial charge is 0.335 e. The summed E-state index contributed by atoms with van der Waals surface area (Å²) in [6.45, 7) is 0.599. The fourth-order valence-corrected chi connectivity index (χ4v) is 1.77. The number of hydrogen-bond donors (Lipinski definition) is 2. The molecule has 2 rings (SSSR count). The van der Waals surface area contributed by atoms with Gasteiger partial charge in [-0.15, -0.1) is 0 Å². The predicted molar refractivity (Wildman–Crippen MR) is 53.8 cm³/mol. The van der Waals surface area contributed by atoms with E-state index in [0.717, 1.165) is 5.56 Å². The Bertz CT molecular complexity index is 414. The van der Waals surface area contributed by atoms with Crippen molar-refractivity contribution in [2.75, 3.05) is 6.54 Å². The Morgan fingerprint density at radius 3 is 2.87 bits per heavy atom. The molecule has 1 unspecified atom stereocenters. The van der Waals surface area contributed by atoms with Crippen LogP contribution in [-0.2, 0) is 4.79 Å². The van der Waals surface area contributed by atoms with E-state index in [1.807, 2.05) is 6.07 Å². The van der Waals surface area contributed by atoms with Crippen LogP contribution in [0.1, 0.15) is 28.3 Å². The quantitative estimate of drug-likeness (QED) is 0.756. The minimum absolute atomic E-state index is 0.0285. The predicted octanol–water partition coefficient (Wildman–Crippen LogP) is 0.988. The first-order valence-electron chi connectivity index (χ1n) is 4.77. The molecule has 1 aliphatic heterocycles. The van der Waals surface area contributed by atoms with Crippen LogP contribution in [0, 0.1) is 0 Å². The summed E-state index contributed by atoms with van der Waals surface area (Å²) < 4.78 is 0. The van der Waals surface area contributed by atoms with Gasteiger partial charge in [-0.25, -0.2) is 4.79 Å². The molecule has 0 radical (unpaired) electrons. The van der Waals surface area contributed by atoms with Gasteiger partial charge in [0.25, 0.3) is 0 Å². The summed E-state index contributed by atoms with van der Waals surface area (Å²) in [6.07, 6.45) is 0.447. The second kappa shape index (κ2) is 3.73. The SMILES string of the molecule is O=C1CC(c2cccc(C(=O)O)c2)CN1. The Hall–Kier alpha value is -1.84. The molecule has 0 aromatic heterocycles. The summed E-state index contributed by atoms with van der Waals surface area (Å²) in [4.78, 5) is 21.8. The van der Waals surface area contributed by atoms with E-state index in [9.17, 15) is 9.59 Å². The van der Waals surface area contributed by atoms with Crippen molar-refractivity contribution < 1.29 is 14.7 Å². The maximum absolute atomic E-state index is 11.0. The lowest BCUT2D eigenvalue weighted by Crippen LogP contribution is -2.13. The Morgan fingerprint density at radius 1 is 1.47 bits per heavy atom. The van der Waals surface area contributed by atoms with E-state index in [1.54, 1.807) is 18.2 Å². The molecule has 1 atom stereocenters. The van der Waals surface area contributed by atoms with E-state index >= 15 is 0 Å². The Kier molecular flexibility index (Phi) is 2.41. The number of aromatic carboxylic acids is 1. The van der Waals surface area contributed by atoms with E-state index in [1.165, 1.54) is 0 Å². The highest BCUT2D eigenvalue weighted by Gasteiger charge is 2.23. The molecule has 1 aromatic carbocycles. The lowest BCUT2D eigenvalue weighted by atomic mass is 9.96. The number of nitrogens with one attached hydrogen (secondary N) is 1. The first kappa shape index (κ1) is 9.71. The average molecular weight is 205 g/mol. The monoisotopic (exact) mass is 205 g/mol. The van der Waals surface area contributed by atoms with Crippen molar-refractivity contribution in [1.82, 2.24) is 5.32 Å². The van der Waals surface area contributed by atoms with Gasteiger partial charge in [0.1, 0.15) is 0 Å². The van der Waals surface area contributed by atoms with Crippen molar-refractivity contribution >= 4 is 11.9 Å². The lowest BCUT2D eigenvalue weighted by molar-refractivity contribution is -0.119. The van der Waals surface area contributed by atoms with Crippen LogP contribution < -0.4 is 5.32 Å². The molecule has 1 aromatic rings. The summed E-state index contributed by atoms with van der Waals surface area (Å²) in [5, 5.41) is 11.6. The third-order valence-corrected chi connectivity index (χ3v) is 2.58. The maximum Gasteiger partial charge on any atom is 0.335 e. The first-order chi connectivity index (χ1) is 7.16. The van der Waals surface area contributed by atoms with Gasteiger partial charge < -0.3 is 10.4 Å².